The Balaban J connectivity index is 1.77. The quantitative estimate of drug-likeness (QED) is 0.510. The fourth-order valence-corrected chi connectivity index (χ4v) is 4.57. The van der Waals surface area contributed by atoms with Crippen LogP contribution in [0, 0.1) is 13.8 Å². The average Bonchev–Trinajstić information content (AvgIpc) is 2.87. The number of hydrogen-bond donors (Lipinski definition) is 0. The molecule has 0 amide bonds. The van der Waals surface area contributed by atoms with Gasteiger partial charge < -0.3 is 4.74 Å². The molecule has 6 heteroatoms. The van der Waals surface area contributed by atoms with Crippen molar-refractivity contribution in [3.8, 4) is 5.75 Å². The summed E-state index contributed by atoms with van der Waals surface area (Å²) < 4.78 is 6.84. The van der Waals surface area contributed by atoms with E-state index in [0.717, 1.165) is 43.7 Å². The second-order valence-corrected chi connectivity index (χ2v) is 7.93. The first kappa shape index (κ1) is 17.0. The molecule has 0 radical (unpaired) electrons. The van der Waals surface area contributed by atoms with E-state index in [0.29, 0.717) is 0 Å². The van der Waals surface area contributed by atoms with Crippen LogP contribution >= 0.6 is 23.1 Å². The van der Waals surface area contributed by atoms with Crippen molar-refractivity contribution in [3.05, 3.63) is 50.6 Å². The molecule has 0 aliphatic carbocycles. The Kier molecular flexibility index (Phi) is 4.96. The predicted molar refractivity (Wildman–Crippen MR) is 102 cm³/mol. The summed E-state index contributed by atoms with van der Waals surface area (Å²) in [6.45, 7) is 4.03. The number of benzene rings is 1. The van der Waals surface area contributed by atoms with E-state index in [1.807, 2.05) is 26.0 Å². The van der Waals surface area contributed by atoms with Crippen molar-refractivity contribution in [2.75, 3.05) is 12.9 Å². The van der Waals surface area contributed by atoms with Crippen LogP contribution in [0.15, 0.2) is 34.2 Å². The maximum absolute atomic E-state index is 12.6. The molecule has 0 N–H and O–H groups in total. The highest BCUT2D eigenvalue weighted by Gasteiger charge is 2.14. The zero-order valence-corrected chi connectivity index (χ0v) is 15.9. The summed E-state index contributed by atoms with van der Waals surface area (Å²) in [5.74, 6) is 1.74. The monoisotopic (exact) mass is 360 g/mol. The van der Waals surface area contributed by atoms with Gasteiger partial charge in [-0.2, -0.15) is 0 Å². The molecule has 126 valence electrons. The first-order valence-corrected chi connectivity index (χ1v) is 9.54. The van der Waals surface area contributed by atoms with Crippen LogP contribution in [0.5, 0.6) is 5.75 Å². The van der Waals surface area contributed by atoms with Gasteiger partial charge in [0.25, 0.3) is 5.56 Å². The Morgan fingerprint density at radius 1 is 1.25 bits per heavy atom. The molecule has 3 aromatic rings. The number of ether oxygens (including phenoxy) is 1. The molecule has 0 aliphatic heterocycles. The fraction of sp³-hybridized carbons (Fsp3) is 0.333. The predicted octanol–water partition coefficient (Wildman–Crippen LogP) is 3.96. The van der Waals surface area contributed by atoms with Gasteiger partial charge in [-0.1, -0.05) is 23.9 Å². The molecule has 0 unspecified atom stereocenters. The van der Waals surface area contributed by atoms with Crippen molar-refractivity contribution in [2.24, 2.45) is 7.05 Å². The van der Waals surface area contributed by atoms with Gasteiger partial charge in [-0.15, -0.1) is 11.3 Å². The molecule has 0 spiro atoms. The third kappa shape index (κ3) is 3.21. The molecular formula is C18H20N2O2S2. The van der Waals surface area contributed by atoms with E-state index < -0.39 is 0 Å². The lowest BCUT2D eigenvalue weighted by Crippen LogP contribution is -2.20. The number of fused-ring (bicyclic) bond motifs is 1. The van der Waals surface area contributed by atoms with Gasteiger partial charge in [0.05, 0.1) is 12.5 Å². The highest BCUT2D eigenvalue weighted by molar-refractivity contribution is 7.99. The van der Waals surface area contributed by atoms with Gasteiger partial charge >= 0.3 is 0 Å². The minimum Gasteiger partial charge on any atom is -0.497 e. The molecule has 0 aliphatic rings. The summed E-state index contributed by atoms with van der Waals surface area (Å²) in [7, 11) is 3.47. The van der Waals surface area contributed by atoms with Crippen molar-refractivity contribution in [3.63, 3.8) is 0 Å². The van der Waals surface area contributed by atoms with Gasteiger partial charge in [-0.25, -0.2) is 4.98 Å². The third-order valence-electron chi connectivity index (χ3n) is 4.15. The normalized spacial score (nSPS) is 11.2. The largest absolute Gasteiger partial charge is 0.497 e. The van der Waals surface area contributed by atoms with Crippen LogP contribution in [-0.2, 0) is 13.5 Å². The molecule has 0 saturated carbocycles. The minimum atomic E-state index is 0.0498. The molecule has 0 atom stereocenters. The van der Waals surface area contributed by atoms with E-state index >= 15 is 0 Å². The summed E-state index contributed by atoms with van der Waals surface area (Å²) in [6, 6.07) is 8.08. The Bertz CT molecular complexity index is 927. The third-order valence-corrected chi connectivity index (χ3v) is 6.28. The zero-order valence-electron chi connectivity index (χ0n) is 14.3. The second kappa shape index (κ2) is 6.99. The fourth-order valence-electron chi connectivity index (χ4n) is 2.54. The van der Waals surface area contributed by atoms with Gasteiger partial charge in [-0.05, 0) is 43.5 Å². The molecule has 2 aromatic heterocycles. The smallest absolute Gasteiger partial charge is 0.262 e. The summed E-state index contributed by atoms with van der Waals surface area (Å²) in [6.07, 6.45) is 0.922. The summed E-state index contributed by atoms with van der Waals surface area (Å²) in [5.41, 5.74) is 2.35. The number of hydrogen-bond acceptors (Lipinski definition) is 5. The van der Waals surface area contributed by atoms with Crippen LogP contribution in [0.1, 0.15) is 16.0 Å². The first-order valence-electron chi connectivity index (χ1n) is 7.73. The maximum atomic E-state index is 12.6. The van der Waals surface area contributed by atoms with Gasteiger partial charge in [-0.3, -0.25) is 9.36 Å². The van der Waals surface area contributed by atoms with E-state index in [4.69, 9.17) is 9.72 Å². The molecule has 24 heavy (non-hydrogen) atoms. The number of rotatable bonds is 5. The maximum Gasteiger partial charge on any atom is 0.262 e. The molecular weight excluding hydrogens is 340 g/mol. The molecule has 0 fully saturated rings. The number of methoxy groups -OCH3 is 1. The number of nitrogens with zero attached hydrogens (tertiary/aromatic N) is 2. The van der Waals surface area contributed by atoms with Crippen LogP contribution in [0.3, 0.4) is 0 Å². The van der Waals surface area contributed by atoms with Gasteiger partial charge in [0, 0.05) is 17.7 Å². The van der Waals surface area contributed by atoms with Gasteiger partial charge in [0.1, 0.15) is 10.6 Å². The molecule has 3 rings (SSSR count). The van der Waals surface area contributed by atoms with Crippen molar-refractivity contribution in [2.45, 2.75) is 25.4 Å². The van der Waals surface area contributed by atoms with Crippen LogP contribution in [0.4, 0.5) is 0 Å². The molecule has 4 nitrogen and oxygen atoms in total. The van der Waals surface area contributed by atoms with E-state index in [-0.39, 0.29) is 5.56 Å². The number of aromatic nitrogens is 2. The Morgan fingerprint density at radius 2 is 1.96 bits per heavy atom. The minimum absolute atomic E-state index is 0.0498. The van der Waals surface area contributed by atoms with Gasteiger partial charge in [0.15, 0.2) is 5.16 Å². The molecule has 1 aromatic carbocycles. The molecule has 0 saturated heterocycles. The Hall–Kier alpha value is -1.79. The highest BCUT2D eigenvalue weighted by atomic mass is 32.2. The van der Waals surface area contributed by atoms with Crippen molar-refractivity contribution < 1.29 is 4.74 Å². The number of thioether (sulfide) groups is 1. The van der Waals surface area contributed by atoms with Gasteiger partial charge in [0.2, 0.25) is 0 Å². The standard InChI is InChI=1S/C18H20N2O2S2/c1-11-12(2)24-16-15(11)17(21)20(3)18(19-16)23-10-9-13-5-7-14(22-4)8-6-13/h5-8H,9-10H2,1-4H3. The van der Waals surface area contributed by atoms with Crippen LogP contribution < -0.4 is 10.3 Å². The van der Waals surface area contributed by atoms with Crippen molar-refractivity contribution in [1.82, 2.24) is 9.55 Å². The summed E-state index contributed by atoms with van der Waals surface area (Å²) in [4.78, 5) is 19.3. The number of aryl methyl sites for hydroxylation is 3. The lowest BCUT2D eigenvalue weighted by Gasteiger charge is -2.07. The average molecular weight is 361 g/mol. The van der Waals surface area contributed by atoms with Crippen molar-refractivity contribution in [1.29, 1.82) is 0 Å². The lowest BCUT2D eigenvalue weighted by atomic mass is 10.2. The molecule has 2 heterocycles. The van der Waals surface area contributed by atoms with E-state index in [1.165, 1.54) is 5.56 Å². The Labute approximate surface area is 149 Å². The first-order chi connectivity index (χ1) is 11.5. The van der Waals surface area contributed by atoms with Crippen LogP contribution in [-0.4, -0.2) is 22.4 Å². The van der Waals surface area contributed by atoms with Crippen LogP contribution in [0.2, 0.25) is 0 Å². The SMILES string of the molecule is COc1ccc(CCSc2nc3sc(C)c(C)c3c(=O)n2C)cc1. The highest BCUT2D eigenvalue weighted by Crippen LogP contribution is 2.28. The van der Waals surface area contributed by atoms with E-state index in [1.54, 1.807) is 41.8 Å². The van der Waals surface area contributed by atoms with Crippen LogP contribution in [0.25, 0.3) is 10.2 Å². The van der Waals surface area contributed by atoms with E-state index in [2.05, 4.69) is 12.1 Å². The number of thiophene rings is 1. The zero-order chi connectivity index (χ0) is 17.3. The lowest BCUT2D eigenvalue weighted by molar-refractivity contribution is 0.414. The molecule has 0 bridgehead atoms. The Morgan fingerprint density at radius 3 is 2.62 bits per heavy atom. The van der Waals surface area contributed by atoms with Crippen molar-refractivity contribution >= 4 is 33.3 Å². The van der Waals surface area contributed by atoms with E-state index in [9.17, 15) is 4.79 Å². The summed E-state index contributed by atoms with van der Waals surface area (Å²) >= 11 is 3.22. The topological polar surface area (TPSA) is 44.1 Å². The second-order valence-electron chi connectivity index (χ2n) is 5.67. The summed E-state index contributed by atoms with van der Waals surface area (Å²) in [5, 5.41) is 1.54.